The van der Waals surface area contributed by atoms with Crippen LogP contribution in [0.5, 0.6) is 0 Å². The summed E-state index contributed by atoms with van der Waals surface area (Å²) in [7, 11) is 0. The Morgan fingerprint density at radius 2 is 2.04 bits per heavy atom. The van der Waals surface area contributed by atoms with Gasteiger partial charge >= 0.3 is 0 Å². The van der Waals surface area contributed by atoms with Crippen molar-refractivity contribution in [1.82, 2.24) is 25.1 Å². The minimum absolute atomic E-state index is 0.00619. The maximum atomic E-state index is 12.3. The van der Waals surface area contributed by atoms with Crippen molar-refractivity contribution in [3.8, 4) is 11.3 Å². The van der Waals surface area contributed by atoms with Gasteiger partial charge in [-0.25, -0.2) is 4.98 Å². The van der Waals surface area contributed by atoms with Gasteiger partial charge in [0.2, 0.25) is 0 Å². The molecule has 0 radical (unpaired) electrons. The second kappa shape index (κ2) is 6.70. The van der Waals surface area contributed by atoms with E-state index in [-0.39, 0.29) is 11.9 Å². The van der Waals surface area contributed by atoms with E-state index in [0.29, 0.717) is 12.1 Å². The Hall–Kier alpha value is -2.89. The number of H-pyrrole nitrogens is 1. The number of aromatic nitrogens is 4. The van der Waals surface area contributed by atoms with Gasteiger partial charge in [-0.2, -0.15) is 5.10 Å². The molecule has 2 heterocycles. The van der Waals surface area contributed by atoms with Gasteiger partial charge in [-0.3, -0.25) is 9.48 Å². The third-order valence-corrected chi connectivity index (χ3v) is 3.82. The summed E-state index contributed by atoms with van der Waals surface area (Å²) in [5, 5.41) is 7.13. The lowest BCUT2D eigenvalue weighted by atomic mass is 10.1. The van der Waals surface area contributed by atoms with Crippen LogP contribution < -0.4 is 5.32 Å². The Morgan fingerprint density at radius 3 is 2.62 bits per heavy atom. The monoisotopic (exact) mass is 323 g/mol. The van der Waals surface area contributed by atoms with Crippen LogP contribution in [-0.4, -0.2) is 31.7 Å². The van der Waals surface area contributed by atoms with Crippen molar-refractivity contribution < 1.29 is 4.79 Å². The third-order valence-electron chi connectivity index (χ3n) is 3.82. The molecule has 1 aromatic carbocycles. The van der Waals surface area contributed by atoms with E-state index in [9.17, 15) is 4.79 Å². The molecule has 0 saturated heterocycles. The average molecular weight is 323 g/mol. The molecule has 1 amide bonds. The Bertz CT molecular complexity index is 818. The smallest absolute Gasteiger partial charge is 0.251 e. The molecule has 1 atom stereocenters. The minimum Gasteiger partial charge on any atom is -0.348 e. The van der Waals surface area contributed by atoms with E-state index in [0.717, 1.165) is 22.8 Å². The molecule has 0 aliphatic rings. The molecule has 3 rings (SSSR count). The van der Waals surface area contributed by atoms with Crippen molar-refractivity contribution in [3.63, 3.8) is 0 Å². The maximum Gasteiger partial charge on any atom is 0.251 e. The van der Waals surface area contributed by atoms with E-state index in [4.69, 9.17) is 0 Å². The molecular weight excluding hydrogens is 302 g/mol. The molecule has 2 aromatic heterocycles. The second-order valence-corrected chi connectivity index (χ2v) is 5.98. The molecule has 0 saturated carbocycles. The molecule has 124 valence electrons. The number of rotatable bonds is 5. The molecule has 0 bridgehead atoms. The summed E-state index contributed by atoms with van der Waals surface area (Å²) in [4.78, 5) is 20.0. The van der Waals surface area contributed by atoms with Crippen LogP contribution in [0.1, 0.15) is 28.8 Å². The van der Waals surface area contributed by atoms with Crippen molar-refractivity contribution in [2.45, 2.75) is 33.4 Å². The molecule has 0 aliphatic heterocycles. The highest BCUT2D eigenvalue weighted by Gasteiger charge is 2.12. The molecule has 0 fully saturated rings. The predicted molar refractivity (Wildman–Crippen MR) is 92.7 cm³/mol. The molecule has 3 aromatic rings. The topological polar surface area (TPSA) is 75.6 Å². The zero-order valence-electron chi connectivity index (χ0n) is 14.1. The summed E-state index contributed by atoms with van der Waals surface area (Å²) in [5.41, 5.74) is 3.58. The van der Waals surface area contributed by atoms with E-state index in [1.54, 1.807) is 10.9 Å². The van der Waals surface area contributed by atoms with Crippen molar-refractivity contribution in [2.75, 3.05) is 0 Å². The van der Waals surface area contributed by atoms with Crippen LogP contribution >= 0.6 is 0 Å². The number of nitrogens with zero attached hydrogens (tertiary/aromatic N) is 3. The molecule has 6 heteroatoms. The first kappa shape index (κ1) is 16.0. The van der Waals surface area contributed by atoms with Gasteiger partial charge in [0.05, 0.1) is 12.2 Å². The van der Waals surface area contributed by atoms with Crippen LogP contribution in [0.3, 0.4) is 0 Å². The maximum absolute atomic E-state index is 12.3. The van der Waals surface area contributed by atoms with E-state index >= 15 is 0 Å². The van der Waals surface area contributed by atoms with Crippen molar-refractivity contribution >= 4 is 5.91 Å². The van der Waals surface area contributed by atoms with Crippen LogP contribution in [-0.2, 0) is 6.54 Å². The fourth-order valence-electron chi connectivity index (χ4n) is 2.71. The highest BCUT2D eigenvalue weighted by Crippen LogP contribution is 2.21. The van der Waals surface area contributed by atoms with Gasteiger partial charge in [0.1, 0.15) is 5.82 Å². The summed E-state index contributed by atoms with van der Waals surface area (Å²) < 4.78 is 1.80. The van der Waals surface area contributed by atoms with Gasteiger partial charge in [-0.15, -0.1) is 0 Å². The van der Waals surface area contributed by atoms with Crippen LogP contribution in [0.4, 0.5) is 0 Å². The molecular formula is C18H21N5O. The van der Waals surface area contributed by atoms with E-state index in [2.05, 4.69) is 20.4 Å². The molecule has 24 heavy (non-hydrogen) atoms. The number of benzene rings is 1. The number of aromatic amines is 1. The van der Waals surface area contributed by atoms with Crippen LogP contribution in [0.25, 0.3) is 11.3 Å². The second-order valence-electron chi connectivity index (χ2n) is 5.98. The molecule has 0 unspecified atom stereocenters. The lowest BCUT2D eigenvalue weighted by Gasteiger charge is -2.14. The SMILES string of the molecule is Cc1nc(-c2ccc(C(=O)N[C@@H](C)Cn3cccn3)cc2)c(C)[nH]1. The van der Waals surface area contributed by atoms with Gasteiger partial charge in [0.15, 0.2) is 0 Å². The van der Waals surface area contributed by atoms with E-state index < -0.39 is 0 Å². The minimum atomic E-state index is -0.0869. The van der Waals surface area contributed by atoms with Crippen LogP contribution in [0.2, 0.25) is 0 Å². The standard InChI is InChI=1S/C18H21N5O/c1-12(11-23-10-4-9-19-23)20-18(24)16-7-5-15(6-8-16)17-13(2)21-14(3)22-17/h4-10,12H,11H2,1-3H3,(H,20,24)(H,21,22)/t12-/m0/s1. The summed E-state index contributed by atoms with van der Waals surface area (Å²) in [6.45, 7) is 6.53. The normalized spacial score (nSPS) is 12.1. The van der Waals surface area contributed by atoms with Crippen molar-refractivity contribution in [1.29, 1.82) is 0 Å². The summed E-state index contributed by atoms with van der Waals surface area (Å²) in [5.74, 6) is 0.799. The van der Waals surface area contributed by atoms with Gasteiger partial charge in [-0.1, -0.05) is 12.1 Å². The van der Waals surface area contributed by atoms with E-state index in [1.165, 1.54) is 0 Å². The van der Waals surface area contributed by atoms with Crippen molar-refractivity contribution in [3.05, 3.63) is 59.8 Å². The lowest BCUT2D eigenvalue weighted by Crippen LogP contribution is -2.35. The molecule has 6 nitrogen and oxygen atoms in total. The zero-order chi connectivity index (χ0) is 17.1. The highest BCUT2D eigenvalue weighted by molar-refractivity contribution is 5.94. The summed E-state index contributed by atoms with van der Waals surface area (Å²) in [6, 6.07) is 9.37. The van der Waals surface area contributed by atoms with Crippen LogP contribution in [0, 0.1) is 13.8 Å². The predicted octanol–water partition coefficient (Wildman–Crippen LogP) is 2.71. The van der Waals surface area contributed by atoms with Gasteiger partial charge in [-0.05, 0) is 39.0 Å². The van der Waals surface area contributed by atoms with E-state index in [1.807, 2.05) is 57.3 Å². The van der Waals surface area contributed by atoms with Gasteiger partial charge in [0, 0.05) is 35.3 Å². The Kier molecular flexibility index (Phi) is 4.46. The quantitative estimate of drug-likeness (QED) is 0.758. The first-order valence-electron chi connectivity index (χ1n) is 7.95. The van der Waals surface area contributed by atoms with Gasteiger partial charge in [0.25, 0.3) is 5.91 Å². The molecule has 0 spiro atoms. The van der Waals surface area contributed by atoms with Crippen LogP contribution in [0.15, 0.2) is 42.7 Å². The Labute approximate surface area is 140 Å². The molecule has 2 N–H and O–H groups in total. The average Bonchev–Trinajstić information content (AvgIpc) is 3.16. The highest BCUT2D eigenvalue weighted by atomic mass is 16.1. The number of amides is 1. The third kappa shape index (κ3) is 3.53. The zero-order valence-corrected chi connectivity index (χ0v) is 14.1. The first-order chi connectivity index (χ1) is 11.5. The Morgan fingerprint density at radius 1 is 1.29 bits per heavy atom. The number of imidazole rings is 1. The Balaban J connectivity index is 1.66. The largest absolute Gasteiger partial charge is 0.348 e. The lowest BCUT2D eigenvalue weighted by molar-refractivity contribution is 0.0936. The first-order valence-corrected chi connectivity index (χ1v) is 7.95. The number of nitrogens with one attached hydrogen (secondary N) is 2. The van der Waals surface area contributed by atoms with Crippen molar-refractivity contribution in [2.24, 2.45) is 0 Å². The number of hydrogen-bond donors (Lipinski definition) is 2. The number of carbonyl (C=O) groups is 1. The fraction of sp³-hybridized carbons (Fsp3) is 0.278. The fourth-order valence-corrected chi connectivity index (χ4v) is 2.71. The van der Waals surface area contributed by atoms with Gasteiger partial charge < -0.3 is 10.3 Å². The molecule has 0 aliphatic carbocycles. The number of hydrogen-bond acceptors (Lipinski definition) is 3. The summed E-state index contributed by atoms with van der Waals surface area (Å²) in [6.07, 6.45) is 3.61. The number of aryl methyl sites for hydroxylation is 2. The summed E-state index contributed by atoms with van der Waals surface area (Å²) >= 11 is 0. The number of carbonyl (C=O) groups excluding carboxylic acids is 1.